The van der Waals surface area contributed by atoms with Crippen LogP contribution < -0.4 is 10.6 Å². The highest BCUT2D eigenvalue weighted by atomic mass is 32.1. The van der Waals surface area contributed by atoms with E-state index >= 15 is 0 Å². The van der Waals surface area contributed by atoms with E-state index in [0.29, 0.717) is 18.1 Å². The molecular formula is C22H31N5S. The first-order chi connectivity index (χ1) is 13.4. The summed E-state index contributed by atoms with van der Waals surface area (Å²) in [4.78, 5) is 2.55. The Kier molecular flexibility index (Phi) is 5.43. The summed E-state index contributed by atoms with van der Waals surface area (Å²) in [6, 6.07) is 10.4. The van der Waals surface area contributed by atoms with Gasteiger partial charge in [-0.1, -0.05) is 24.3 Å². The Morgan fingerprint density at radius 1 is 1.14 bits per heavy atom. The van der Waals surface area contributed by atoms with Crippen molar-refractivity contribution in [3.8, 4) is 0 Å². The van der Waals surface area contributed by atoms with E-state index in [0.717, 1.165) is 28.7 Å². The molecule has 1 aromatic heterocycles. The standard InChI is InChI=1S/C22H31N5S/c1-14-7-5-6-8-17(14)13-27-16(3)21(15(2)25-27)24-22(28)23-18-11-19-9-10-20(12-18)26(19)4/h5-8,18-20H,9-13H2,1-4H3,(H2,23,24,28). The van der Waals surface area contributed by atoms with Crippen LogP contribution in [-0.2, 0) is 6.54 Å². The summed E-state index contributed by atoms with van der Waals surface area (Å²) in [6.45, 7) is 7.08. The van der Waals surface area contributed by atoms with Gasteiger partial charge in [0.05, 0.1) is 23.6 Å². The van der Waals surface area contributed by atoms with Crippen LogP contribution in [0.4, 0.5) is 5.69 Å². The van der Waals surface area contributed by atoms with E-state index < -0.39 is 0 Å². The van der Waals surface area contributed by atoms with Crippen LogP contribution in [0.1, 0.15) is 48.2 Å². The molecule has 2 saturated heterocycles. The lowest BCUT2D eigenvalue weighted by atomic mass is 9.98. The van der Waals surface area contributed by atoms with E-state index in [9.17, 15) is 0 Å². The van der Waals surface area contributed by atoms with Crippen molar-refractivity contribution in [3.63, 3.8) is 0 Å². The SMILES string of the molecule is Cc1ccccc1Cn1nc(C)c(NC(=S)NC2CC3CCC(C2)N3C)c1C. The van der Waals surface area contributed by atoms with Gasteiger partial charge in [0.1, 0.15) is 0 Å². The third-order valence-electron chi connectivity index (χ3n) is 6.63. The fraction of sp³-hybridized carbons (Fsp3) is 0.545. The molecule has 2 bridgehead atoms. The van der Waals surface area contributed by atoms with Crippen molar-refractivity contribution in [1.82, 2.24) is 20.0 Å². The largest absolute Gasteiger partial charge is 0.360 e. The molecule has 28 heavy (non-hydrogen) atoms. The Labute approximate surface area is 173 Å². The minimum atomic E-state index is 0.469. The molecule has 2 aromatic rings. The maximum atomic E-state index is 5.65. The van der Waals surface area contributed by atoms with Gasteiger partial charge >= 0.3 is 0 Å². The average Bonchev–Trinajstić information content (AvgIpc) is 3.01. The number of fused-ring (bicyclic) bond motifs is 2. The Morgan fingerprint density at radius 2 is 1.82 bits per heavy atom. The molecule has 2 aliphatic rings. The highest BCUT2D eigenvalue weighted by Gasteiger charge is 2.38. The van der Waals surface area contributed by atoms with Crippen LogP contribution in [-0.4, -0.2) is 45.0 Å². The van der Waals surface area contributed by atoms with E-state index in [1.807, 2.05) is 6.92 Å². The van der Waals surface area contributed by atoms with Crippen molar-refractivity contribution in [1.29, 1.82) is 0 Å². The zero-order chi connectivity index (χ0) is 19.8. The molecule has 150 valence electrons. The molecule has 2 aliphatic heterocycles. The Hall–Kier alpha value is -1.92. The number of rotatable bonds is 4. The third kappa shape index (κ3) is 3.80. The zero-order valence-electron chi connectivity index (χ0n) is 17.3. The molecule has 0 spiro atoms. The molecule has 2 fully saturated rings. The van der Waals surface area contributed by atoms with Crippen LogP contribution in [0.2, 0.25) is 0 Å². The van der Waals surface area contributed by atoms with Crippen LogP contribution in [0.3, 0.4) is 0 Å². The lowest BCUT2D eigenvalue weighted by Gasteiger charge is -2.37. The third-order valence-corrected chi connectivity index (χ3v) is 6.85. The number of hydrogen-bond acceptors (Lipinski definition) is 3. The monoisotopic (exact) mass is 397 g/mol. The topological polar surface area (TPSA) is 45.1 Å². The molecule has 1 aromatic carbocycles. The average molecular weight is 398 g/mol. The first-order valence-electron chi connectivity index (χ1n) is 10.3. The fourth-order valence-electron chi connectivity index (χ4n) is 4.84. The second-order valence-electron chi connectivity index (χ2n) is 8.45. The van der Waals surface area contributed by atoms with Crippen molar-refractivity contribution < 1.29 is 0 Å². The number of aromatic nitrogens is 2. The van der Waals surface area contributed by atoms with Crippen molar-refractivity contribution in [2.75, 3.05) is 12.4 Å². The van der Waals surface area contributed by atoms with E-state index in [2.05, 4.69) is 65.4 Å². The normalized spacial score (nSPS) is 24.4. The number of nitrogens with zero attached hydrogens (tertiary/aromatic N) is 3. The first kappa shape index (κ1) is 19.4. The second-order valence-corrected chi connectivity index (χ2v) is 8.86. The number of aryl methyl sites for hydroxylation is 2. The highest BCUT2D eigenvalue weighted by molar-refractivity contribution is 7.80. The lowest BCUT2D eigenvalue weighted by Crippen LogP contribution is -2.49. The predicted molar refractivity (Wildman–Crippen MR) is 119 cm³/mol. The number of benzene rings is 1. The highest BCUT2D eigenvalue weighted by Crippen LogP contribution is 2.34. The maximum absolute atomic E-state index is 5.65. The molecule has 2 unspecified atom stereocenters. The number of hydrogen-bond donors (Lipinski definition) is 2. The molecule has 0 saturated carbocycles. The molecule has 2 atom stereocenters. The molecule has 5 nitrogen and oxygen atoms in total. The van der Waals surface area contributed by atoms with Gasteiger partial charge in [-0.2, -0.15) is 5.10 Å². The second kappa shape index (κ2) is 7.84. The quantitative estimate of drug-likeness (QED) is 0.769. The molecule has 6 heteroatoms. The van der Waals surface area contributed by atoms with Crippen LogP contribution in [0.5, 0.6) is 0 Å². The maximum Gasteiger partial charge on any atom is 0.171 e. The van der Waals surface area contributed by atoms with Crippen LogP contribution in [0.25, 0.3) is 0 Å². The van der Waals surface area contributed by atoms with Gasteiger partial charge < -0.3 is 15.5 Å². The Balaban J connectivity index is 1.41. The summed E-state index contributed by atoms with van der Waals surface area (Å²) < 4.78 is 2.07. The smallest absolute Gasteiger partial charge is 0.171 e. The van der Waals surface area contributed by atoms with Gasteiger partial charge in [0.15, 0.2) is 5.11 Å². The van der Waals surface area contributed by atoms with Gasteiger partial charge in [-0.15, -0.1) is 0 Å². The molecular weight excluding hydrogens is 366 g/mol. The van der Waals surface area contributed by atoms with E-state index in [1.165, 1.54) is 36.8 Å². The van der Waals surface area contributed by atoms with Crippen LogP contribution in [0, 0.1) is 20.8 Å². The van der Waals surface area contributed by atoms with Gasteiger partial charge in [0, 0.05) is 18.1 Å². The summed E-state index contributed by atoms with van der Waals surface area (Å²) in [7, 11) is 2.27. The summed E-state index contributed by atoms with van der Waals surface area (Å²) in [5.74, 6) is 0. The molecule has 2 N–H and O–H groups in total. The summed E-state index contributed by atoms with van der Waals surface area (Å²) in [6.07, 6.45) is 5.01. The lowest BCUT2D eigenvalue weighted by molar-refractivity contribution is 0.156. The summed E-state index contributed by atoms with van der Waals surface area (Å²) in [5, 5.41) is 12.5. The summed E-state index contributed by atoms with van der Waals surface area (Å²) >= 11 is 5.65. The van der Waals surface area contributed by atoms with E-state index in [-0.39, 0.29) is 0 Å². The Morgan fingerprint density at radius 3 is 2.50 bits per heavy atom. The van der Waals surface area contributed by atoms with Gasteiger partial charge in [0.2, 0.25) is 0 Å². The van der Waals surface area contributed by atoms with Gasteiger partial charge in [0.25, 0.3) is 0 Å². The minimum Gasteiger partial charge on any atom is -0.360 e. The molecule has 0 aliphatic carbocycles. The predicted octanol–water partition coefficient (Wildman–Crippen LogP) is 3.77. The first-order valence-corrected chi connectivity index (χ1v) is 10.7. The van der Waals surface area contributed by atoms with Gasteiger partial charge in [-0.3, -0.25) is 4.68 Å². The Bertz CT molecular complexity index is 860. The van der Waals surface area contributed by atoms with Crippen molar-refractivity contribution in [2.24, 2.45) is 0 Å². The number of thiocarbonyl (C=S) groups is 1. The zero-order valence-corrected chi connectivity index (χ0v) is 18.1. The molecule has 3 heterocycles. The number of nitrogens with one attached hydrogen (secondary N) is 2. The fourth-order valence-corrected chi connectivity index (χ4v) is 5.11. The van der Waals surface area contributed by atoms with Crippen LogP contribution >= 0.6 is 12.2 Å². The van der Waals surface area contributed by atoms with E-state index in [1.54, 1.807) is 0 Å². The minimum absolute atomic E-state index is 0.469. The van der Waals surface area contributed by atoms with Crippen molar-refractivity contribution in [3.05, 3.63) is 46.8 Å². The molecule has 0 radical (unpaired) electrons. The van der Waals surface area contributed by atoms with E-state index in [4.69, 9.17) is 17.3 Å². The molecule has 4 rings (SSSR count). The van der Waals surface area contributed by atoms with Crippen molar-refractivity contribution in [2.45, 2.75) is 71.1 Å². The number of anilines is 1. The summed E-state index contributed by atoms with van der Waals surface area (Å²) in [5.41, 5.74) is 5.72. The van der Waals surface area contributed by atoms with Crippen molar-refractivity contribution >= 4 is 23.0 Å². The number of piperidine rings is 1. The van der Waals surface area contributed by atoms with Gasteiger partial charge in [-0.25, -0.2) is 0 Å². The molecule has 0 amide bonds. The van der Waals surface area contributed by atoms with Gasteiger partial charge in [-0.05, 0) is 76.8 Å². The van der Waals surface area contributed by atoms with Crippen LogP contribution in [0.15, 0.2) is 24.3 Å².